The monoisotopic (exact) mass is 277 g/mol. The molecule has 0 spiro atoms. The van der Waals surface area contributed by atoms with E-state index in [1.54, 1.807) is 0 Å². The summed E-state index contributed by atoms with van der Waals surface area (Å²) in [6.07, 6.45) is -3.84. The molecule has 0 aliphatic carbocycles. The van der Waals surface area contributed by atoms with E-state index in [0.717, 1.165) is 12.6 Å². The fourth-order valence-electron chi connectivity index (χ4n) is 1.59. The van der Waals surface area contributed by atoms with Crippen molar-refractivity contribution < 1.29 is 23.0 Å². The van der Waals surface area contributed by atoms with Crippen molar-refractivity contribution in [3.8, 4) is 5.75 Å². The van der Waals surface area contributed by atoms with Gasteiger partial charge in [0.25, 0.3) is 0 Å². The van der Waals surface area contributed by atoms with Crippen LogP contribution in [0.3, 0.4) is 0 Å². The summed E-state index contributed by atoms with van der Waals surface area (Å²) in [7, 11) is 3.77. The molecule has 0 bridgehead atoms. The van der Waals surface area contributed by atoms with Crippen molar-refractivity contribution in [3.63, 3.8) is 0 Å². The molecule has 0 fully saturated rings. The van der Waals surface area contributed by atoms with Gasteiger partial charge in [0.1, 0.15) is 5.75 Å². The summed E-state index contributed by atoms with van der Waals surface area (Å²) in [6, 6.07) is 3.60. The van der Waals surface area contributed by atoms with E-state index < -0.39 is 18.3 Å². The third-order valence-corrected chi connectivity index (χ3v) is 2.54. The third kappa shape index (κ3) is 5.08. The fourth-order valence-corrected chi connectivity index (χ4v) is 1.59. The molecule has 0 radical (unpaired) electrons. The molecule has 1 N–H and O–H groups in total. The number of rotatable bonds is 6. The normalized spacial score (nSPS) is 11.9. The van der Waals surface area contributed by atoms with Crippen LogP contribution in [0.25, 0.3) is 0 Å². The summed E-state index contributed by atoms with van der Waals surface area (Å²) in [4.78, 5) is 1.93. The lowest BCUT2D eigenvalue weighted by atomic mass is 10.1. The van der Waals surface area contributed by atoms with Gasteiger partial charge in [0.15, 0.2) is 0 Å². The number of nitrogens with zero attached hydrogens (tertiary/aromatic N) is 1. The highest BCUT2D eigenvalue weighted by atomic mass is 19.4. The Labute approximate surface area is 110 Å². The van der Waals surface area contributed by atoms with E-state index in [9.17, 15) is 13.2 Å². The minimum atomic E-state index is -4.48. The molecule has 0 aliphatic heterocycles. The molecule has 1 aromatic rings. The van der Waals surface area contributed by atoms with Gasteiger partial charge >= 0.3 is 6.18 Å². The maximum absolute atomic E-state index is 12.8. The highest BCUT2D eigenvalue weighted by molar-refractivity contribution is 5.39. The van der Waals surface area contributed by atoms with E-state index in [-0.39, 0.29) is 17.9 Å². The van der Waals surface area contributed by atoms with E-state index in [1.807, 2.05) is 19.0 Å². The van der Waals surface area contributed by atoms with Gasteiger partial charge in [-0.2, -0.15) is 13.2 Å². The van der Waals surface area contributed by atoms with Crippen LogP contribution >= 0.6 is 0 Å². The first-order valence-corrected chi connectivity index (χ1v) is 5.93. The van der Waals surface area contributed by atoms with Gasteiger partial charge in [-0.15, -0.1) is 0 Å². The van der Waals surface area contributed by atoms with E-state index in [4.69, 9.17) is 9.84 Å². The number of aliphatic hydroxyl groups is 1. The van der Waals surface area contributed by atoms with Gasteiger partial charge in [-0.3, -0.25) is 0 Å². The predicted molar refractivity (Wildman–Crippen MR) is 66.0 cm³/mol. The number of alkyl halides is 3. The van der Waals surface area contributed by atoms with Gasteiger partial charge in [0.2, 0.25) is 0 Å². The fraction of sp³-hybridized carbons (Fsp3) is 0.538. The molecule has 1 rings (SSSR count). The summed E-state index contributed by atoms with van der Waals surface area (Å²) in [5.74, 6) is -0.191. The number of ether oxygens (including phenoxy) is 1. The molecule has 0 unspecified atom stereocenters. The van der Waals surface area contributed by atoms with E-state index in [0.29, 0.717) is 6.42 Å². The highest BCUT2D eigenvalue weighted by Crippen LogP contribution is 2.36. The van der Waals surface area contributed by atoms with Gasteiger partial charge in [-0.25, -0.2) is 0 Å². The average molecular weight is 277 g/mol. The van der Waals surface area contributed by atoms with E-state index in [2.05, 4.69) is 0 Å². The third-order valence-electron chi connectivity index (χ3n) is 2.54. The Morgan fingerprint density at radius 1 is 1.26 bits per heavy atom. The Balaban J connectivity index is 2.76. The standard InChI is InChI=1S/C13H18F3NO2/c1-17(2)6-3-7-19-12-5-4-10(9-18)8-11(12)13(14,15)16/h4-5,8,18H,3,6-7,9H2,1-2H3. The van der Waals surface area contributed by atoms with Gasteiger partial charge in [0.05, 0.1) is 18.8 Å². The van der Waals surface area contributed by atoms with Crippen molar-refractivity contribution in [3.05, 3.63) is 29.3 Å². The quantitative estimate of drug-likeness (QED) is 0.811. The van der Waals surface area contributed by atoms with Crippen molar-refractivity contribution in [2.45, 2.75) is 19.2 Å². The Morgan fingerprint density at radius 2 is 1.95 bits per heavy atom. The molecule has 19 heavy (non-hydrogen) atoms. The van der Waals surface area contributed by atoms with Gasteiger partial charge < -0.3 is 14.7 Å². The van der Waals surface area contributed by atoms with E-state index in [1.165, 1.54) is 12.1 Å². The Kier molecular flexibility index (Phi) is 5.62. The number of hydrogen-bond acceptors (Lipinski definition) is 3. The smallest absolute Gasteiger partial charge is 0.419 e. The number of aliphatic hydroxyl groups excluding tert-OH is 1. The molecule has 0 heterocycles. The maximum atomic E-state index is 12.8. The molecule has 0 amide bonds. The average Bonchev–Trinajstić information content (AvgIpc) is 2.33. The minimum absolute atomic E-state index is 0.191. The lowest BCUT2D eigenvalue weighted by Crippen LogP contribution is -2.16. The molecule has 6 heteroatoms. The van der Waals surface area contributed by atoms with Crippen LogP contribution in [0.5, 0.6) is 5.75 Å². The predicted octanol–water partition coefficient (Wildman–Crippen LogP) is 2.53. The Bertz CT molecular complexity index is 405. The molecule has 3 nitrogen and oxygen atoms in total. The summed E-state index contributed by atoms with van der Waals surface area (Å²) in [5.41, 5.74) is -0.628. The summed E-state index contributed by atoms with van der Waals surface area (Å²) in [5, 5.41) is 8.88. The zero-order chi connectivity index (χ0) is 14.5. The SMILES string of the molecule is CN(C)CCCOc1ccc(CO)cc1C(F)(F)F. The van der Waals surface area contributed by atoms with Crippen LogP contribution in [-0.2, 0) is 12.8 Å². The van der Waals surface area contributed by atoms with Crippen LogP contribution in [-0.4, -0.2) is 37.3 Å². The lowest BCUT2D eigenvalue weighted by Gasteiger charge is -2.15. The van der Waals surface area contributed by atoms with Crippen LogP contribution in [0.15, 0.2) is 18.2 Å². The Hall–Kier alpha value is -1.27. The number of hydrogen-bond donors (Lipinski definition) is 1. The molecule has 0 saturated carbocycles. The second-order valence-electron chi connectivity index (χ2n) is 4.49. The first-order chi connectivity index (χ1) is 8.84. The van der Waals surface area contributed by atoms with Crippen molar-refractivity contribution in [1.29, 1.82) is 0 Å². The molecule has 0 saturated heterocycles. The van der Waals surface area contributed by atoms with Crippen molar-refractivity contribution in [2.75, 3.05) is 27.2 Å². The molecule has 108 valence electrons. The van der Waals surface area contributed by atoms with Crippen molar-refractivity contribution in [1.82, 2.24) is 4.90 Å². The molecule has 0 atom stereocenters. The summed E-state index contributed by atoms with van der Waals surface area (Å²) < 4.78 is 43.7. The molecular weight excluding hydrogens is 259 g/mol. The minimum Gasteiger partial charge on any atom is -0.493 e. The topological polar surface area (TPSA) is 32.7 Å². The summed E-state index contributed by atoms with van der Waals surface area (Å²) in [6.45, 7) is 0.541. The molecule has 1 aromatic carbocycles. The summed E-state index contributed by atoms with van der Waals surface area (Å²) >= 11 is 0. The van der Waals surface area contributed by atoms with E-state index >= 15 is 0 Å². The Morgan fingerprint density at radius 3 is 2.47 bits per heavy atom. The number of benzene rings is 1. The van der Waals surface area contributed by atoms with Crippen molar-refractivity contribution in [2.24, 2.45) is 0 Å². The van der Waals surface area contributed by atoms with Crippen molar-refractivity contribution >= 4 is 0 Å². The van der Waals surface area contributed by atoms with Gasteiger partial charge in [-0.1, -0.05) is 6.07 Å². The second kappa shape index (κ2) is 6.77. The van der Waals surface area contributed by atoms with Crippen LogP contribution in [0.1, 0.15) is 17.5 Å². The van der Waals surface area contributed by atoms with Crippen LogP contribution in [0.2, 0.25) is 0 Å². The first kappa shape index (κ1) is 15.8. The lowest BCUT2D eigenvalue weighted by molar-refractivity contribution is -0.139. The zero-order valence-corrected chi connectivity index (χ0v) is 11.0. The molecule has 0 aromatic heterocycles. The second-order valence-corrected chi connectivity index (χ2v) is 4.49. The first-order valence-electron chi connectivity index (χ1n) is 5.93. The van der Waals surface area contributed by atoms with Gasteiger partial charge in [-0.05, 0) is 38.2 Å². The van der Waals surface area contributed by atoms with Gasteiger partial charge in [0, 0.05) is 6.54 Å². The molecule has 0 aliphatic rings. The number of halogens is 3. The zero-order valence-electron chi connectivity index (χ0n) is 11.0. The molecular formula is C13H18F3NO2. The highest BCUT2D eigenvalue weighted by Gasteiger charge is 2.34. The van der Waals surface area contributed by atoms with Crippen LogP contribution in [0.4, 0.5) is 13.2 Å². The van der Waals surface area contributed by atoms with Crippen LogP contribution in [0, 0.1) is 0 Å². The van der Waals surface area contributed by atoms with Crippen LogP contribution < -0.4 is 4.74 Å². The maximum Gasteiger partial charge on any atom is 0.419 e. The largest absolute Gasteiger partial charge is 0.493 e.